The van der Waals surface area contributed by atoms with Gasteiger partial charge in [0.25, 0.3) is 5.91 Å². The molecule has 1 aliphatic rings. The van der Waals surface area contributed by atoms with Crippen molar-refractivity contribution in [3.63, 3.8) is 0 Å². The van der Waals surface area contributed by atoms with Crippen LogP contribution >= 0.6 is 18.5 Å². The van der Waals surface area contributed by atoms with Gasteiger partial charge in [0.1, 0.15) is 0 Å². The van der Waals surface area contributed by atoms with Gasteiger partial charge in [0.15, 0.2) is 0 Å². The second-order valence-electron chi connectivity index (χ2n) is 7.15. The molecule has 0 radical (unpaired) electrons. The van der Waals surface area contributed by atoms with Gasteiger partial charge in [-0.2, -0.15) is 0 Å². The molecule has 0 saturated heterocycles. The van der Waals surface area contributed by atoms with Gasteiger partial charge >= 0.3 is 0 Å². The molecular formula is C22H27N2O2PS. The molecule has 0 bridgehead atoms. The largest absolute Gasteiger partial charge is 0.343 e. The third kappa shape index (κ3) is 4.38. The van der Waals surface area contributed by atoms with Crippen LogP contribution in [-0.4, -0.2) is 24.3 Å². The summed E-state index contributed by atoms with van der Waals surface area (Å²) in [5.41, 5.74) is 7.40. The van der Waals surface area contributed by atoms with E-state index in [1.165, 1.54) is 0 Å². The van der Waals surface area contributed by atoms with Crippen molar-refractivity contribution in [2.24, 2.45) is 5.73 Å². The minimum Gasteiger partial charge on any atom is -0.343 e. The van der Waals surface area contributed by atoms with E-state index in [4.69, 9.17) is 5.73 Å². The normalized spacial score (nSPS) is 21.6. The lowest BCUT2D eigenvalue weighted by atomic mass is 9.85. The molecule has 0 aliphatic heterocycles. The molecule has 2 aromatic rings. The summed E-state index contributed by atoms with van der Waals surface area (Å²) in [5, 5.41) is 5.05. The number of hydrogen-bond donors (Lipinski definition) is 2. The number of nitrogens with one attached hydrogen (secondary N) is 1. The second kappa shape index (κ2) is 8.60. The maximum atomic E-state index is 12.9. The van der Waals surface area contributed by atoms with E-state index in [9.17, 15) is 9.36 Å². The quantitative estimate of drug-likeness (QED) is 0.644. The van der Waals surface area contributed by atoms with Gasteiger partial charge in [-0.1, -0.05) is 56.4 Å². The monoisotopic (exact) mass is 414 g/mol. The van der Waals surface area contributed by atoms with Gasteiger partial charge in [-0.05, 0) is 41.5 Å². The Morgan fingerprint density at radius 2 is 2.00 bits per heavy atom. The maximum absolute atomic E-state index is 12.9. The number of amides is 1. The van der Waals surface area contributed by atoms with Crippen LogP contribution in [0.3, 0.4) is 0 Å². The van der Waals surface area contributed by atoms with E-state index in [2.05, 4.69) is 5.32 Å². The predicted octanol–water partition coefficient (Wildman–Crippen LogP) is 4.73. The number of carbonyl (C=O) groups excluding carboxylic acids is 1. The summed E-state index contributed by atoms with van der Waals surface area (Å²) in [6, 6.07) is 11.0. The van der Waals surface area contributed by atoms with Crippen molar-refractivity contribution in [2.75, 3.05) is 12.3 Å². The SMILES string of the molecule is CCP(=O)(CC)Cc1cccc(C(=O)NC2C=CC=CC2(N)c2cccs2)c1. The summed E-state index contributed by atoms with van der Waals surface area (Å²) in [6.45, 7) is 3.93. The van der Waals surface area contributed by atoms with E-state index in [0.717, 1.165) is 10.4 Å². The number of thiophene rings is 1. The average Bonchev–Trinajstić information content (AvgIpc) is 3.25. The van der Waals surface area contributed by atoms with Crippen molar-refractivity contribution in [2.45, 2.75) is 31.6 Å². The summed E-state index contributed by atoms with van der Waals surface area (Å²) in [6.07, 6.45) is 9.55. The van der Waals surface area contributed by atoms with Crippen LogP contribution in [0.4, 0.5) is 0 Å². The molecule has 1 amide bonds. The Hall–Kier alpha value is -1.94. The number of rotatable bonds is 7. The molecule has 6 heteroatoms. The van der Waals surface area contributed by atoms with Crippen LogP contribution in [0, 0.1) is 0 Å². The van der Waals surface area contributed by atoms with Crippen molar-refractivity contribution in [1.82, 2.24) is 5.32 Å². The van der Waals surface area contributed by atoms with Crippen molar-refractivity contribution in [1.29, 1.82) is 0 Å². The summed E-state index contributed by atoms with van der Waals surface area (Å²) >= 11 is 1.58. The van der Waals surface area contributed by atoms with Crippen LogP contribution in [0.1, 0.15) is 34.6 Å². The predicted molar refractivity (Wildman–Crippen MR) is 119 cm³/mol. The minimum absolute atomic E-state index is 0.180. The smallest absolute Gasteiger partial charge is 0.251 e. The fourth-order valence-electron chi connectivity index (χ4n) is 3.40. The molecule has 2 unspecified atom stereocenters. The Morgan fingerprint density at radius 3 is 2.68 bits per heavy atom. The lowest BCUT2D eigenvalue weighted by molar-refractivity contribution is 0.0933. The highest BCUT2D eigenvalue weighted by molar-refractivity contribution is 7.63. The van der Waals surface area contributed by atoms with Crippen molar-refractivity contribution >= 4 is 24.4 Å². The van der Waals surface area contributed by atoms with Crippen LogP contribution in [0.15, 0.2) is 66.1 Å². The summed E-state index contributed by atoms with van der Waals surface area (Å²) in [7, 11) is -2.21. The van der Waals surface area contributed by atoms with E-state index >= 15 is 0 Å². The maximum Gasteiger partial charge on any atom is 0.251 e. The standard InChI is InChI=1S/C22H27N2O2PS/c1-3-27(26,4-2)16-17-9-7-10-18(15-17)21(25)24-19-11-5-6-13-22(19,23)20-12-8-14-28-20/h5-15,19H,3-4,16,23H2,1-2H3,(H,24,25). The van der Waals surface area contributed by atoms with E-state index in [1.54, 1.807) is 17.4 Å². The molecule has 0 saturated carbocycles. The second-order valence-corrected chi connectivity index (χ2v) is 11.8. The molecular weight excluding hydrogens is 387 g/mol. The third-order valence-corrected chi connectivity index (χ3v) is 9.63. The highest BCUT2D eigenvalue weighted by atomic mass is 32.1. The van der Waals surface area contributed by atoms with Crippen molar-refractivity contribution in [3.05, 3.63) is 82.1 Å². The lowest BCUT2D eigenvalue weighted by Crippen LogP contribution is -2.54. The molecule has 3 N–H and O–H groups in total. The highest BCUT2D eigenvalue weighted by Gasteiger charge is 2.36. The van der Waals surface area contributed by atoms with E-state index in [1.807, 2.05) is 73.9 Å². The van der Waals surface area contributed by atoms with Gasteiger partial charge in [-0.25, -0.2) is 0 Å². The van der Waals surface area contributed by atoms with Crippen molar-refractivity contribution < 1.29 is 9.36 Å². The van der Waals surface area contributed by atoms with E-state index in [-0.39, 0.29) is 11.9 Å². The molecule has 28 heavy (non-hydrogen) atoms. The molecule has 0 spiro atoms. The topological polar surface area (TPSA) is 72.2 Å². The Kier molecular flexibility index (Phi) is 6.39. The number of allylic oxidation sites excluding steroid dienone is 2. The lowest BCUT2D eigenvalue weighted by Gasteiger charge is -2.34. The summed E-state index contributed by atoms with van der Waals surface area (Å²) < 4.78 is 12.8. The van der Waals surface area contributed by atoms with Crippen LogP contribution in [0.2, 0.25) is 0 Å². The van der Waals surface area contributed by atoms with Crippen LogP contribution in [0.5, 0.6) is 0 Å². The fourth-order valence-corrected chi connectivity index (χ4v) is 6.01. The molecule has 1 heterocycles. The zero-order valence-electron chi connectivity index (χ0n) is 16.3. The first-order valence-corrected chi connectivity index (χ1v) is 12.7. The fraction of sp³-hybridized carbons (Fsp3) is 0.318. The average molecular weight is 415 g/mol. The zero-order valence-corrected chi connectivity index (χ0v) is 18.0. The molecule has 1 aromatic carbocycles. The Labute approximate surface area is 170 Å². The number of carbonyl (C=O) groups is 1. The number of hydrogen-bond acceptors (Lipinski definition) is 4. The third-order valence-electron chi connectivity index (χ3n) is 5.35. The minimum atomic E-state index is -2.21. The number of nitrogens with two attached hydrogens (primary N) is 1. The van der Waals surface area contributed by atoms with Gasteiger partial charge < -0.3 is 15.6 Å². The van der Waals surface area contributed by atoms with Crippen LogP contribution in [0.25, 0.3) is 0 Å². The van der Waals surface area contributed by atoms with Gasteiger partial charge in [0.2, 0.25) is 0 Å². The Morgan fingerprint density at radius 1 is 1.21 bits per heavy atom. The molecule has 148 valence electrons. The highest BCUT2D eigenvalue weighted by Crippen LogP contribution is 2.48. The molecule has 0 fully saturated rings. The first-order chi connectivity index (χ1) is 13.4. The van der Waals surface area contributed by atoms with Crippen LogP contribution < -0.4 is 11.1 Å². The van der Waals surface area contributed by atoms with Gasteiger partial charge in [0, 0.05) is 16.6 Å². The molecule has 4 nitrogen and oxygen atoms in total. The van der Waals surface area contributed by atoms with Gasteiger partial charge in [-0.15, -0.1) is 11.3 Å². The molecule has 2 atom stereocenters. The van der Waals surface area contributed by atoms with Gasteiger partial charge in [-0.3, -0.25) is 4.79 Å². The summed E-state index contributed by atoms with van der Waals surface area (Å²) in [4.78, 5) is 13.9. The summed E-state index contributed by atoms with van der Waals surface area (Å²) in [5.74, 6) is -0.180. The number of benzene rings is 1. The van der Waals surface area contributed by atoms with Crippen molar-refractivity contribution in [3.8, 4) is 0 Å². The van der Waals surface area contributed by atoms with E-state index in [0.29, 0.717) is 24.0 Å². The van der Waals surface area contributed by atoms with Crippen LogP contribution in [-0.2, 0) is 16.3 Å². The first kappa shape index (κ1) is 20.8. The Balaban J connectivity index is 1.79. The van der Waals surface area contributed by atoms with Gasteiger partial charge in [0.05, 0.1) is 18.7 Å². The Bertz CT molecular complexity index is 928. The molecule has 1 aliphatic carbocycles. The molecule has 3 rings (SSSR count). The van der Waals surface area contributed by atoms with E-state index < -0.39 is 12.7 Å². The molecule has 1 aromatic heterocycles. The zero-order chi connectivity index (χ0) is 20.2. The first-order valence-electron chi connectivity index (χ1n) is 9.56.